The SMILES string of the molecule is COC(=O)c1cnc(Nc2cc([N+](=O)[O-])c(N(C)CCN(C)C)cc2OC)nc1C1CN2CCCc3cccc1c32. The van der Waals surface area contributed by atoms with Gasteiger partial charge in [-0.1, -0.05) is 18.2 Å². The molecule has 12 nitrogen and oxygen atoms in total. The van der Waals surface area contributed by atoms with Crippen LogP contribution in [0.3, 0.4) is 0 Å². The molecule has 0 spiro atoms. The van der Waals surface area contributed by atoms with E-state index in [0.29, 0.717) is 35.9 Å². The molecule has 0 fully saturated rings. The van der Waals surface area contributed by atoms with Crippen molar-refractivity contribution in [2.45, 2.75) is 18.8 Å². The molecule has 0 saturated carbocycles. The average Bonchev–Trinajstić information content (AvgIpc) is 3.35. The minimum Gasteiger partial charge on any atom is -0.494 e. The highest BCUT2D eigenvalue weighted by atomic mass is 16.6. The molecule has 0 bridgehead atoms. The molecule has 0 radical (unpaired) electrons. The highest BCUT2D eigenvalue weighted by Crippen LogP contribution is 2.45. The number of methoxy groups -OCH3 is 2. The smallest absolute Gasteiger partial charge is 0.341 e. The molecule has 1 unspecified atom stereocenters. The number of nitrogens with zero attached hydrogens (tertiary/aromatic N) is 6. The zero-order valence-corrected chi connectivity index (χ0v) is 24.0. The second-order valence-electron chi connectivity index (χ2n) is 10.6. The Morgan fingerprint density at radius 2 is 2.02 bits per heavy atom. The summed E-state index contributed by atoms with van der Waals surface area (Å²) < 4.78 is 10.7. The third-order valence-corrected chi connectivity index (χ3v) is 7.71. The number of rotatable bonds is 10. The number of aromatic nitrogens is 2. The minimum absolute atomic E-state index is 0.0766. The van der Waals surface area contributed by atoms with Gasteiger partial charge in [-0.3, -0.25) is 10.1 Å². The fraction of sp³-hybridized carbons (Fsp3) is 0.414. The van der Waals surface area contributed by atoms with Crippen LogP contribution in [-0.2, 0) is 11.2 Å². The first kappa shape index (κ1) is 28.1. The van der Waals surface area contributed by atoms with Crippen molar-refractivity contribution < 1.29 is 19.2 Å². The molecular weight excluding hydrogens is 526 g/mol. The summed E-state index contributed by atoms with van der Waals surface area (Å²) in [5.41, 5.74) is 5.18. The first-order valence-corrected chi connectivity index (χ1v) is 13.5. The van der Waals surface area contributed by atoms with Crippen LogP contribution in [0, 0.1) is 10.1 Å². The normalized spacial score (nSPS) is 15.5. The number of nitro groups is 1. The highest BCUT2D eigenvalue weighted by Gasteiger charge is 2.36. The van der Waals surface area contributed by atoms with Gasteiger partial charge in [0.15, 0.2) is 0 Å². The van der Waals surface area contributed by atoms with Gasteiger partial charge in [0.1, 0.15) is 17.0 Å². The number of anilines is 4. The summed E-state index contributed by atoms with van der Waals surface area (Å²) in [4.78, 5) is 39.8. The van der Waals surface area contributed by atoms with Crippen LogP contribution in [0.5, 0.6) is 5.75 Å². The van der Waals surface area contributed by atoms with E-state index in [0.717, 1.165) is 31.5 Å². The van der Waals surface area contributed by atoms with Crippen LogP contribution >= 0.6 is 0 Å². The average molecular weight is 562 g/mol. The van der Waals surface area contributed by atoms with Gasteiger partial charge >= 0.3 is 5.97 Å². The van der Waals surface area contributed by atoms with Crippen molar-refractivity contribution in [1.29, 1.82) is 0 Å². The van der Waals surface area contributed by atoms with Crippen molar-refractivity contribution in [1.82, 2.24) is 14.9 Å². The number of esters is 1. The first-order valence-electron chi connectivity index (χ1n) is 13.5. The van der Waals surface area contributed by atoms with Gasteiger partial charge in [0.2, 0.25) is 5.95 Å². The Labute approximate surface area is 239 Å². The maximum Gasteiger partial charge on any atom is 0.341 e. The molecule has 2 aromatic carbocycles. The van der Waals surface area contributed by atoms with Crippen molar-refractivity contribution in [2.24, 2.45) is 0 Å². The zero-order valence-electron chi connectivity index (χ0n) is 24.0. The fourth-order valence-electron chi connectivity index (χ4n) is 5.64. The number of ether oxygens (including phenoxy) is 2. The third kappa shape index (κ3) is 5.47. The van der Waals surface area contributed by atoms with Gasteiger partial charge in [0.25, 0.3) is 5.69 Å². The van der Waals surface area contributed by atoms with Crippen molar-refractivity contribution >= 4 is 34.7 Å². The largest absolute Gasteiger partial charge is 0.494 e. The van der Waals surface area contributed by atoms with Crippen molar-refractivity contribution in [3.63, 3.8) is 0 Å². The Bertz CT molecular complexity index is 1480. The van der Waals surface area contributed by atoms with Gasteiger partial charge in [0.05, 0.1) is 30.5 Å². The highest BCUT2D eigenvalue weighted by molar-refractivity contribution is 5.91. The summed E-state index contributed by atoms with van der Waals surface area (Å²) in [7, 11) is 8.55. The van der Waals surface area contributed by atoms with Crippen LogP contribution in [0.15, 0.2) is 36.5 Å². The minimum atomic E-state index is -0.518. The van der Waals surface area contributed by atoms with E-state index >= 15 is 0 Å². The number of carbonyl (C=O) groups is 1. The Kier molecular flexibility index (Phi) is 7.93. The molecule has 41 heavy (non-hydrogen) atoms. The van der Waals surface area contributed by atoms with E-state index in [1.165, 1.54) is 37.7 Å². The Morgan fingerprint density at radius 3 is 2.73 bits per heavy atom. The van der Waals surface area contributed by atoms with E-state index in [1.54, 1.807) is 6.07 Å². The quantitative estimate of drug-likeness (QED) is 0.221. The van der Waals surface area contributed by atoms with E-state index in [9.17, 15) is 14.9 Å². The molecular formula is C29H35N7O5. The summed E-state index contributed by atoms with van der Waals surface area (Å²) in [6, 6.07) is 9.36. The van der Waals surface area contributed by atoms with E-state index < -0.39 is 10.9 Å². The third-order valence-electron chi connectivity index (χ3n) is 7.71. The van der Waals surface area contributed by atoms with E-state index in [1.807, 2.05) is 30.9 Å². The number of aryl methyl sites for hydroxylation is 1. The van der Waals surface area contributed by atoms with Crippen molar-refractivity contribution in [3.05, 3.63) is 69.0 Å². The standard InChI is InChI=1S/C29H35N7O5/c1-33(2)12-13-34(3)23-15-25(40-4)22(14-24(23)36(38)39)31-29-30-16-20(28(37)41-5)26(32-29)21-17-35-11-7-9-18-8-6-10-19(21)27(18)35/h6,8,10,14-16,21H,7,9,11-13,17H2,1-5H3,(H,30,31,32). The second-order valence-corrected chi connectivity index (χ2v) is 10.6. The Balaban J connectivity index is 1.54. The lowest BCUT2D eigenvalue weighted by Gasteiger charge is -2.26. The molecule has 0 aliphatic carbocycles. The Morgan fingerprint density at radius 1 is 1.22 bits per heavy atom. The topological polar surface area (TPSA) is 126 Å². The number of hydrogen-bond acceptors (Lipinski definition) is 11. The van der Waals surface area contributed by atoms with Gasteiger partial charge in [-0.15, -0.1) is 0 Å². The number of likely N-dealkylation sites (N-methyl/N-ethyl adjacent to an activating group) is 2. The summed E-state index contributed by atoms with van der Waals surface area (Å²) in [5.74, 6) is -0.0852. The number of nitro benzene ring substituents is 1. The zero-order chi connectivity index (χ0) is 29.3. The molecule has 3 heterocycles. The lowest BCUT2D eigenvalue weighted by Crippen LogP contribution is -2.29. The van der Waals surface area contributed by atoms with Crippen molar-refractivity contribution in [3.8, 4) is 5.75 Å². The maximum atomic E-state index is 12.8. The molecule has 1 atom stereocenters. The van der Waals surface area contributed by atoms with E-state index in [4.69, 9.17) is 14.5 Å². The van der Waals surface area contributed by atoms with Gasteiger partial charge in [-0.2, -0.15) is 0 Å². The van der Waals surface area contributed by atoms with Crippen LogP contribution in [0.1, 0.15) is 39.5 Å². The molecule has 5 rings (SSSR count). The number of carbonyl (C=O) groups excluding carboxylic acids is 1. The second kappa shape index (κ2) is 11.6. The number of benzene rings is 2. The molecule has 0 saturated heterocycles. The number of nitrogens with one attached hydrogen (secondary N) is 1. The van der Waals surface area contributed by atoms with Gasteiger partial charge in [0, 0.05) is 63.2 Å². The number of hydrogen-bond donors (Lipinski definition) is 1. The van der Waals surface area contributed by atoms with Crippen LogP contribution in [-0.4, -0.2) is 87.3 Å². The summed E-state index contributed by atoms with van der Waals surface area (Å²) in [5, 5.41) is 15.2. The number of para-hydroxylation sites is 1. The van der Waals surface area contributed by atoms with Crippen molar-refractivity contribution in [2.75, 3.05) is 76.7 Å². The molecule has 1 N–H and O–H groups in total. The Hall–Kier alpha value is -4.45. The van der Waals surface area contributed by atoms with Crippen LogP contribution in [0.4, 0.5) is 28.7 Å². The molecule has 12 heteroatoms. The van der Waals surface area contributed by atoms with E-state index in [2.05, 4.69) is 33.4 Å². The van der Waals surface area contributed by atoms with Gasteiger partial charge < -0.3 is 29.5 Å². The van der Waals surface area contributed by atoms with Crippen LogP contribution < -0.4 is 19.9 Å². The summed E-state index contributed by atoms with van der Waals surface area (Å²) in [6.07, 6.45) is 3.54. The lowest BCUT2D eigenvalue weighted by molar-refractivity contribution is -0.384. The van der Waals surface area contributed by atoms with E-state index in [-0.39, 0.29) is 23.1 Å². The van der Waals surface area contributed by atoms with Gasteiger partial charge in [-0.25, -0.2) is 14.8 Å². The molecule has 3 aromatic rings. The maximum absolute atomic E-state index is 12.8. The first-order chi connectivity index (χ1) is 19.7. The molecule has 216 valence electrons. The van der Waals surface area contributed by atoms with Gasteiger partial charge in [-0.05, 0) is 38.1 Å². The monoisotopic (exact) mass is 561 g/mol. The molecule has 1 aromatic heterocycles. The molecule has 2 aliphatic rings. The predicted molar refractivity (Wildman–Crippen MR) is 157 cm³/mol. The summed E-state index contributed by atoms with van der Waals surface area (Å²) in [6.45, 7) is 2.95. The molecule has 0 amide bonds. The predicted octanol–water partition coefficient (Wildman–Crippen LogP) is 3.82. The van der Waals surface area contributed by atoms with Crippen LogP contribution in [0.2, 0.25) is 0 Å². The van der Waals surface area contributed by atoms with Crippen LogP contribution in [0.25, 0.3) is 0 Å². The summed E-state index contributed by atoms with van der Waals surface area (Å²) >= 11 is 0. The fourth-order valence-corrected chi connectivity index (χ4v) is 5.64. The molecule has 2 aliphatic heterocycles. The lowest BCUT2D eigenvalue weighted by atomic mass is 9.92.